The zero-order valence-corrected chi connectivity index (χ0v) is 31.7. The van der Waals surface area contributed by atoms with Crippen LogP contribution in [-0.2, 0) is 24.2 Å². The molecule has 0 aromatic carbocycles. The molecule has 0 aromatic heterocycles. The molecule has 8 atom stereocenters. The summed E-state index contributed by atoms with van der Waals surface area (Å²) in [6, 6.07) is 0. The first-order chi connectivity index (χ1) is 19.3. The summed E-state index contributed by atoms with van der Waals surface area (Å²) in [5.41, 5.74) is 1.73. The van der Waals surface area contributed by atoms with Gasteiger partial charge < -0.3 is 31.2 Å². The summed E-state index contributed by atoms with van der Waals surface area (Å²) in [5, 5.41) is 0. The van der Waals surface area contributed by atoms with E-state index in [4.69, 9.17) is 0 Å². The molecule has 0 nitrogen and oxygen atoms in total. The molecule has 3 saturated carbocycles. The van der Waals surface area contributed by atoms with Crippen molar-refractivity contribution in [1.82, 2.24) is 0 Å². The van der Waals surface area contributed by atoms with Crippen molar-refractivity contribution in [3.05, 3.63) is 103 Å². The minimum atomic E-state index is 0. The molecule has 7 rings (SSSR count). The Hall–Kier alpha value is -0.747. The van der Waals surface area contributed by atoms with Crippen molar-refractivity contribution in [2.45, 2.75) is 93.9 Å². The number of allylic oxidation sites excluding steroid dienone is 16. The van der Waals surface area contributed by atoms with Gasteiger partial charge >= 0.3 is 59.5 Å². The van der Waals surface area contributed by atoms with E-state index in [1.165, 1.54) is 37.7 Å². The van der Waals surface area contributed by atoms with Gasteiger partial charge in [-0.05, 0) is 28.6 Å². The van der Waals surface area contributed by atoms with Crippen LogP contribution in [0.4, 0.5) is 0 Å². The SMILES string of the molecule is CC1=CC=CC2[CH-]C3(C)C4(C)C=CC=CC4(C)C4(C)C=CC=CC4(C)C3(C)C12C.[C-]1=CC=CC1.[Cl-].[Cl-].[Zr+2]=[C]1CCCCC1. The van der Waals surface area contributed by atoms with Gasteiger partial charge in [0.05, 0.1) is 0 Å². The van der Waals surface area contributed by atoms with Crippen LogP contribution in [0.1, 0.15) is 93.9 Å². The van der Waals surface area contributed by atoms with Gasteiger partial charge in [0, 0.05) is 10.8 Å². The number of hydrogen-bond acceptors (Lipinski definition) is 0. The fourth-order valence-corrected chi connectivity index (χ4v) is 11.4. The molecule has 0 radical (unpaired) electrons. The summed E-state index contributed by atoms with van der Waals surface area (Å²) in [6.45, 7) is 20.3. The van der Waals surface area contributed by atoms with Crippen molar-refractivity contribution in [2.24, 2.45) is 43.8 Å². The topological polar surface area (TPSA) is 0 Å². The van der Waals surface area contributed by atoms with Gasteiger partial charge in [-0.15, -0.1) is 23.8 Å². The van der Waals surface area contributed by atoms with E-state index in [2.05, 4.69) is 141 Å². The summed E-state index contributed by atoms with van der Waals surface area (Å²) in [7, 11) is 0. The van der Waals surface area contributed by atoms with Crippen molar-refractivity contribution in [2.75, 3.05) is 0 Å². The predicted octanol–water partition coefficient (Wildman–Crippen LogP) is 4.63. The summed E-state index contributed by atoms with van der Waals surface area (Å²) in [4.78, 5) is 0. The quantitative estimate of drug-likeness (QED) is 0.325. The molecule has 3 heteroatoms. The Balaban J connectivity index is 0.000000302. The van der Waals surface area contributed by atoms with E-state index in [1.807, 2.05) is 12.2 Å². The van der Waals surface area contributed by atoms with Crippen LogP contribution in [0.15, 0.2) is 90.6 Å². The van der Waals surface area contributed by atoms with E-state index >= 15 is 0 Å². The van der Waals surface area contributed by atoms with E-state index in [0.717, 1.165) is 6.42 Å². The molecule has 8 unspecified atom stereocenters. The van der Waals surface area contributed by atoms with E-state index in [9.17, 15) is 0 Å². The van der Waals surface area contributed by atoms with E-state index in [0.29, 0.717) is 5.92 Å². The van der Waals surface area contributed by atoms with Crippen molar-refractivity contribution in [3.8, 4) is 0 Å². The average Bonchev–Trinajstić information content (AvgIpc) is 3.60. The van der Waals surface area contributed by atoms with Crippen LogP contribution < -0.4 is 24.8 Å². The Morgan fingerprint density at radius 1 is 0.721 bits per heavy atom. The predicted molar refractivity (Wildman–Crippen MR) is 174 cm³/mol. The first-order valence-corrected chi connectivity index (χ1v) is 17.3. The van der Waals surface area contributed by atoms with Crippen molar-refractivity contribution < 1.29 is 49.0 Å². The maximum absolute atomic E-state index is 2.99. The monoisotopic (exact) mass is 692 g/mol. The number of fused-ring (bicyclic) bond motifs is 8. The van der Waals surface area contributed by atoms with Crippen LogP contribution in [0.5, 0.6) is 0 Å². The standard InChI is InChI=1S/C29H37.C6H10.C5H5.2ClH.Zr/c1-21-14-13-15-22-20-27(6)25(4)18-10-9-16-23(25,2)24(3)17-11-12-19-26(24,5)29(27,8)28(21,22)7;1-2-4-6-5-3-1;1-2-4-5-3-1;;;/h9-20,22H,1-8H3;1-5H2;1-3H,4H2;2*1H;/q-1;;-1;;;+2/p-2. The van der Waals surface area contributed by atoms with Crippen molar-refractivity contribution in [1.29, 1.82) is 0 Å². The average molecular weight is 695 g/mol. The molecule has 43 heavy (non-hydrogen) atoms. The van der Waals surface area contributed by atoms with Gasteiger partial charge in [-0.25, -0.2) is 12.2 Å². The second-order valence-corrected chi connectivity index (χ2v) is 16.6. The first-order valence-electron chi connectivity index (χ1n) is 16.0. The molecule has 0 amide bonds. The van der Waals surface area contributed by atoms with Gasteiger partial charge in [-0.3, -0.25) is 6.08 Å². The third-order valence-electron chi connectivity index (χ3n) is 14.1. The normalized spacial score (nSPS) is 45.6. The van der Waals surface area contributed by atoms with Gasteiger partial charge in [-0.1, -0.05) is 115 Å². The molecule has 0 aromatic rings. The Bertz CT molecular complexity index is 1310. The first kappa shape index (κ1) is 36.7. The fraction of sp³-hybridized carbons (Fsp3) is 0.550. The molecule has 7 aliphatic carbocycles. The summed E-state index contributed by atoms with van der Waals surface area (Å²) in [6.07, 6.45) is 46.6. The molecule has 0 N–H and O–H groups in total. The zero-order chi connectivity index (χ0) is 29.8. The molecule has 7 aliphatic rings. The Kier molecular flexibility index (Phi) is 10.9. The van der Waals surface area contributed by atoms with Gasteiger partial charge in [0.15, 0.2) is 0 Å². The van der Waals surface area contributed by atoms with Gasteiger partial charge in [-0.2, -0.15) is 6.08 Å². The minimum absolute atomic E-state index is 0. The molecule has 0 bridgehead atoms. The summed E-state index contributed by atoms with van der Waals surface area (Å²) in [5.74, 6) is 0.460. The van der Waals surface area contributed by atoms with Crippen LogP contribution in [0.2, 0.25) is 0 Å². The molecule has 232 valence electrons. The third kappa shape index (κ3) is 4.70. The molecule has 0 spiro atoms. The molecular weight excluding hydrogens is 643 g/mol. The van der Waals surface area contributed by atoms with Crippen molar-refractivity contribution in [3.63, 3.8) is 0 Å². The van der Waals surface area contributed by atoms with Crippen LogP contribution in [0.25, 0.3) is 0 Å². The summed E-state index contributed by atoms with van der Waals surface area (Å²) >= 11 is 1.69. The van der Waals surface area contributed by atoms with Crippen LogP contribution >= 0.6 is 0 Å². The Morgan fingerprint density at radius 3 is 1.72 bits per heavy atom. The second-order valence-electron chi connectivity index (χ2n) is 14.9. The third-order valence-corrected chi connectivity index (χ3v) is 15.3. The molecule has 0 saturated heterocycles. The molecular formula is C40H52Cl2Zr-2. The van der Waals surface area contributed by atoms with Gasteiger partial charge in [0.1, 0.15) is 0 Å². The summed E-state index contributed by atoms with van der Waals surface area (Å²) < 4.78 is 1.80. The second kappa shape index (κ2) is 12.8. The van der Waals surface area contributed by atoms with Crippen LogP contribution in [0.3, 0.4) is 0 Å². The van der Waals surface area contributed by atoms with E-state index < -0.39 is 0 Å². The number of halogens is 2. The van der Waals surface area contributed by atoms with Gasteiger partial charge in [0.25, 0.3) is 0 Å². The molecule has 3 fully saturated rings. The zero-order valence-electron chi connectivity index (χ0n) is 27.7. The van der Waals surface area contributed by atoms with Crippen molar-refractivity contribution >= 4 is 3.21 Å². The van der Waals surface area contributed by atoms with E-state index in [1.54, 1.807) is 27.4 Å². The van der Waals surface area contributed by atoms with E-state index in [-0.39, 0.29) is 62.7 Å². The van der Waals surface area contributed by atoms with Crippen LogP contribution in [0, 0.1) is 56.3 Å². The molecule has 0 heterocycles. The maximum atomic E-state index is 2.99. The Morgan fingerprint density at radius 2 is 1.26 bits per heavy atom. The fourth-order valence-electron chi connectivity index (χ4n) is 10.6. The van der Waals surface area contributed by atoms with Crippen LogP contribution in [-0.4, -0.2) is 3.21 Å². The molecule has 0 aliphatic heterocycles. The Labute approximate surface area is 291 Å². The number of rotatable bonds is 0. The number of hydrogen-bond donors (Lipinski definition) is 0. The van der Waals surface area contributed by atoms with Gasteiger partial charge in [0.2, 0.25) is 0 Å².